The zero-order valence-electron chi connectivity index (χ0n) is 33.3. The van der Waals surface area contributed by atoms with Gasteiger partial charge in [-0.2, -0.15) is 0 Å². The molecule has 1 saturated heterocycles. The molecule has 298 valence electrons. The Morgan fingerprint density at radius 3 is 2.15 bits per heavy atom. The number of benzene rings is 1. The molecule has 1 heterocycles. The Kier molecular flexibility index (Phi) is 11.2. The van der Waals surface area contributed by atoms with Gasteiger partial charge >= 0.3 is 17.9 Å². The minimum Gasteiger partial charge on any atom is -0.455 e. The number of Topliss-reactive ketones (excluding diaryl/α,β-unsaturated/α-hetero) is 1. The van der Waals surface area contributed by atoms with Crippen LogP contribution in [0.2, 0.25) is 18.1 Å². The van der Waals surface area contributed by atoms with Gasteiger partial charge in [0, 0.05) is 25.2 Å². The van der Waals surface area contributed by atoms with Crippen molar-refractivity contribution in [3.05, 3.63) is 47.0 Å². The number of aliphatic hydroxyl groups excluding tert-OH is 1. The van der Waals surface area contributed by atoms with E-state index >= 15 is 4.79 Å². The number of ether oxygens (including phenoxy) is 4. The van der Waals surface area contributed by atoms with Gasteiger partial charge in [0.2, 0.25) is 0 Å². The van der Waals surface area contributed by atoms with E-state index in [-0.39, 0.29) is 30.6 Å². The van der Waals surface area contributed by atoms with Gasteiger partial charge in [0.1, 0.15) is 17.8 Å². The Morgan fingerprint density at radius 2 is 1.59 bits per heavy atom. The molecule has 4 fully saturated rings. The largest absolute Gasteiger partial charge is 0.455 e. The van der Waals surface area contributed by atoms with Crippen LogP contribution in [0.3, 0.4) is 0 Å². The number of aliphatic hydroxyl groups is 2. The third-order valence-corrected chi connectivity index (χ3v) is 19.0. The molecule has 5 aliphatic rings. The van der Waals surface area contributed by atoms with Crippen LogP contribution >= 0.6 is 0 Å². The van der Waals surface area contributed by atoms with Crippen molar-refractivity contribution in [3.8, 4) is 0 Å². The Hall–Kier alpha value is -2.90. The van der Waals surface area contributed by atoms with Gasteiger partial charge < -0.3 is 33.6 Å². The number of carbonyl (C=O) groups is 4. The molecule has 0 unspecified atom stereocenters. The van der Waals surface area contributed by atoms with E-state index in [0.717, 1.165) is 37.4 Å². The molecule has 1 aliphatic heterocycles. The lowest BCUT2D eigenvalue weighted by molar-refractivity contribution is -0.344. The second-order valence-corrected chi connectivity index (χ2v) is 22.0. The molecule has 0 amide bonds. The quantitative estimate of drug-likeness (QED) is 0.120. The molecule has 4 aliphatic carbocycles. The van der Waals surface area contributed by atoms with E-state index in [1.165, 1.54) is 6.92 Å². The third-order valence-electron chi connectivity index (χ3n) is 14.4. The summed E-state index contributed by atoms with van der Waals surface area (Å²) in [6, 6.07) is 10.7. The Bertz CT molecular complexity index is 1640. The van der Waals surface area contributed by atoms with Gasteiger partial charge in [-0.15, -0.1) is 0 Å². The fourth-order valence-corrected chi connectivity index (χ4v) is 13.7. The molecule has 2 bridgehead atoms. The number of carbonyl (C=O) groups excluding carboxylic acids is 4. The first kappa shape index (κ1) is 40.8. The van der Waals surface area contributed by atoms with Crippen LogP contribution in [-0.4, -0.2) is 90.6 Å². The van der Waals surface area contributed by atoms with Crippen LogP contribution in [0.1, 0.15) is 111 Å². The molecule has 12 heteroatoms. The van der Waals surface area contributed by atoms with E-state index < -0.39 is 96.4 Å². The standard InChI is InChI=1S/C42H60O11Si/c1-9-54(10-2,11-3)53-30-22-31-41(24-49-31,52-26(5)43)34-36(51-38(47)28-20-16-13-17-21-28)42(48)23-29(44)25(4)32(39(42,6)7)33(35(45)40(30,34)8)50-37(46)27-18-14-12-15-19-27/h13,16-17,20-21,27,29-31,33-34,36,44,48H,9-12,14-15,18-19,22-24H2,1-8H3/t29-,30-,31+,33+,34-,36-,40+,41-,42+/m0/s1. The van der Waals surface area contributed by atoms with Gasteiger partial charge in [0.25, 0.3) is 0 Å². The van der Waals surface area contributed by atoms with Crippen LogP contribution in [-0.2, 0) is 37.8 Å². The molecule has 0 aromatic heterocycles. The first-order valence-corrected chi connectivity index (χ1v) is 22.6. The van der Waals surface area contributed by atoms with Crippen molar-refractivity contribution >= 4 is 32.0 Å². The van der Waals surface area contributed by atoms with E-state index in [0.29, 0.717) is 18.4 Å². The molecule has 1 aromatic carbocycles. The first-order chi connectivity index (χ1) is 25.5. The predicted molar refractivity (Wildman–Crippen MR) is 202 cm³/mol. The van der Waals surface area contributed by atoms with Crippen molar-refractivity contribution in [1.82, 2.24) is 0 Å². The van der Waals surface area contributed by atoms with Gasteiger partial charge in [-0.3, -0.25) is 14.4 Å². The van der Waals surface area contributed by atoms with Crippen LogP contribution in [0.15, 0.2) is 41.5 Å². The fourth-order valence-electron chi connectivity index (χ4n) is 10.7. The highest BCUT2D eigenvalue weighted by atomic mass is 28.4. The zero-order chi connectivity index (χ0) is 39.4. The number of hydrogen-bond acceptors (Lipinski definition) is 11. The topological polar surface area (TPSA) is 155 Å². The summed E-state index contributed by atoms with van der Waals surface area (Å²) in [6.45, 7) is 14.4. The smallest absolute Gasteiger partial charge is 0.338 e. The Morgan fingerprint density at radius 1 is 0.963 bits per heavy atom. The van der Waals surface area contributed by atoms with E-state index in [2.05, 4.69) is 20.8 Å². The average Bonchev–Trinajstić information content (AvgIpc) is 3.15. The van der Waals surface area contributed by atoms with Gasteiger partial charge in [-0.1, -0.05) is 72.1 Å². The van der Waals surface area contributed by atoms with Crippen LogP contribution in [0, 0.1) is 22.7 Å². The van der Waals surface area contributed by atoms with Crippen molar-refractivity contribution in [2.24, 2.45) is 22.7 Å². The molecule has 1 aromatic rings. The minimum absolute atomic E-state index is 0.123. The Balaban J connectivity index is 1.65. The summed E-state index contributed by atoms with van der Waals surface area (Å²) in [7, 11) is -2.50. The third kappa shape index (κ3) is 6.32. The number of ketones is 1. The van der Waals surface area contributed by atoms with Gasteiger partial charge in [-0.25, -0.2) is 4.79 Å². The van der Waals surface area contributed by atoms with Crippen molar-refractivity contribution in [2.45, 2.75) is 160 Å². The van der Waals surface area contributed by atoms with E-state index in [1.807, 2.05) is 0 Å². The maximum atomic E-state index is 16.1. The van der Waals surface area contributed by atoms with E-state index in [9.17, 15) is 24.6 Å². The summed E-state index contributed by atoms with van der Waals surface area (Å²) >= 11 is 0. The van der Waals surface area contributed by atoms with Gasteiger partial charge in [0.15, 0.2) is 25.8 Å². The summed E-state index contributed by atoms with van der Waals surface area (Å²) in [5.74, 6) is -4.00. The SMILES string of the molecule is CC[Si](CC)(CC)O[C@H]1C[C@H]2OC[C@@]2(OC(C)=O)[C@H]2[C@H](OC(=O)c3ccccc3)[C@]3(O)C[C@H](O)C(C)=C([C@@H](OC(=O)C4CCCCC4)C(=O)[C@]12C)C3(C)C. The molecule has 0 spiro atoms. The van der Waals surface area contributed by atoms with Gasteiger partial charge in [-0.05, 0) is 68.1 Å². The normalized spacial score (nSPS) is 36.4. The number of esters is 3. The molecule has 9 atom stereocenters. The number of hydrogen-bond donors (Lipinski definition) is 2. The Labute approximate surface area is 320 Å². The molecular formula is C42H60O11Si. The highest BCUT2D eigenvalue weighted by molar-refractivity contribution is 6.73. The van der Waals surface area contributed by atoms with E-state index in [1.54, 1.807) is 58.0 Å². The highest BCUT2D eigenvalue weighted by Crippen LogP contribution is 2.65. The zero-order valence-corrected chi connectivity index (χ0v) is 34.3. The number of rotatable bonds is 10. The molecule has 11 nitrogen and oxygen atoms in total. The average molecular weight is 769 g/mol. The summed E-state index contributed by atoms with van der Waals surface area (Å²) in [5, 5.41) is 25.3. The van der Waals surface area contributed by atoms with E-state index in [4.69, 9.17) is 23.4 Å². The highest BCUT2D eigenvalue weighted by Gasteiger charge is 2.78. The maximum absolute atomic E-state index is 16.1. The van der Waals surface area contributed by atoms with Crippen molar-refractivity contribution in [1.29, 1.82) is 0 Å². The lowest BCUT2D eigenvalue weighted by atomic mass is 9.44. The monoisotopic (exact) mass is 768 g/mol. The van der Waals surface area contributed by atoms with Crippen molar-refractivity contribution in [3.63, 3.8) is 0 Å². The van der Waals surface area contributed by atoms with Crippen LogP contribution < -0.4 is 0 Å². The number of fused-ring (bicyclic) bond motifs is 5. The van der Waals surface area contributed by atoms with Crippen molar-refractivity contribution < 1.29 is 52.8 Å². The summed E-state index contributed by atoms with van der Waals surface area (Å²) in [4.78, 5) is 57.7. The molecular weight excluding hydrogens is 709 g/mol. The van der Waals surface area contributed by atoms with Crippen LogP contribution in [0.4, 0.5) is 0 Å². The summed E-state index contributed by atoms with van der Waals surface area (Å²) < 4.78 is 32.8. The minimum atomic E-state index is -2.50. The predicted octanol–water partition coefficient (Wildman–Crippen LogP) is 6.24. The molecule has 6 rings (SSSR count). The second-order valence-electron chi connectivity index (χ2n) is 17.3. The lowest BCUT2D eigenvalue weighted by Crippen LogP contribution is -2.82. The summed E-state index contributed by atoms with van der Waals surface area (Å²) in [6.07, 6.45) is -1.95. The summed E-state index contributed by atoms with van der Waals surface area (Å²) in [5.41, 5.74) is -5.75. The fraction of sp³-hybridized carbons (Fsp3) is 0.714. The van der Waals surface area contributed by atoms with Crippen LogP contribution in [0.25, 0.3) is 0 Å². The van der Waals surface area contributed by atoms with Crippen LogP contribution in [0.5, 0.6) is 0 Å². The molecule has 0 radical (unpaired) electrons. The first-order valence-electron chi connectivity index (χ1n) is 20.1. The molecule has 3 saturated carbocycles. The molecule has 54 heavy (non-hydrogen) atoms. The lowest BCUT2D eigenvalue weighted by Gasteiger charge is -2.68. The molecule has 2 N–H and O–H groups in total. The van der Waals surface area contributed by atoms with Gasteiger partial charge in [0.05, 0.1) is 41.6 Å². The van der Waals surface area contributed by atoms with Crippen molar-refractivity contribution in [2.75, 3.05) is 6.61 Å². The second kappa shape index (κ2) is 14.9. The maximum Gasteiger partial charge on any atom is 0.338 e.